The van der Waals surface area contributed by atoms with Gasteiger partial charge in [-0.3, -0.25) is 9.69 Å². The molecule has 1 rings (SSSR count). The van der Waals surface area contributed by atoms with E-state index in [1.165, 1.54) is 0 Å². The predicted octanol–water partition coefficient (Wildman–Crippen LogP) is 0.537. The molecule has 0 radical (unpaired) electrons. The number of nitrogens with one attached hydrogen (secondary N) is 1. The Labute approximate surface area is 99.0 Å². The maximum Gasteiger partial charge on any atom is 0.240 e. The third kappa shape index (κ3) is 3.46. The molecule has 0 spiro atoms. The number of hydrogen-bond acceptors (Lipinski definition) is 3. The van der Waals surface area contributed by atoms with Gasteiger partial charge >= 0.3 is 0 Å². The highest BCUT2D eigenvalue weighted by atomic mass is 16.2. The van der Waals surface area contributed by atoms with E-state index in [1.54, 1.807) is 0 Å². The Morgan fingerprint density at radius 3 is 2.75 bits per heavy atom. The van der Waals surface area contributed by atoms with Crippen molar-refractivity contribution in [1.29, 1.82) is 0 Å². The maximum absolute atomic E-state index is 12.3. The fourth-order valence-corrected chi connectivity index (χ4v) is 2.22. The van der Waals surface area contributed by atoms with E-state index in [2.05, 4.69) is 19.2 Å². The van der Waals surface area contributed by atoms with Crippen LogP contribution < -0.4 is 5.32 Å². The zero-order valence-electron chi connectivity index (χ0n) is 11.0. The number of nitrogens with zero attached hydrogens (tertiary/aromatic N) is 2. The average molecular weight is 227 g/mol. The van der Waals surface area contributed by atoms with Crippen molar-refractivity contribution >= 4 is 5.91 Å². The minimum Gasteiger partial charge on any atom is -0.339 e. The van der Waals surface area contributed by atoms with Crippen molar-refractivity contribution in [3.63, 3.8) is 0 Å². The van der Waals surface area contributed by atoms with Gasteiger partial charge in [0.1, 0.15) is 0 Å². The van der Waals surface area contributed by atoms with Crippen molar-refractivity contribution < 1.29 is 4.79 Å². The first kappa shape index (κ1) is 13.5. The molecule has 2 atom stereocenters. The maximum atomic E-state index is 12.3. The van der Waals surface area contributed by atoms with Gasteiger partial charge in [-0.15, -0.1) is 0 Å². The van der Waals surface area contributed by atoms with E-state index >= 15 is 0 Å². The third-order valence-electron chi connectivity index (χ3n) is 3.15. The van der Waals surface area contributed by atoms with E-state index in [9.17, 15) is 4.79 Å². The van der Waals surface area contributed by atoms with Crippen LogP contribution in [0.15, 0.2) is 0 Å². The van der Waals surface area contributed by atoms with Crippen LogP contribution in [0, 0.1) is 0 Å². The molecule has 0 bridgehead atoms. The number of hydrogen-bond donors (Lipinski definition) is 1. The van der Waals surface area contributed by atoms with E-state index in [4.69, 9.17) is 0 Å². The van der Waals surface area contributed by atoms with Crippen molar-refractivity contribution in [2.75, 3.05) is 33.7 Å². The normalized spacial score (nSPS) is 23.6. The van der Waals surface area contributed by atoms with Gasteiger partial charge in [0.05, 0.1) is 6.04 Å². The van der Waals surface area contributed by atoms with Gasteiger partial charge in [-0.25, -0.2) is 0 Å². The van der Waals surface area contributed by atoms with Crippen LogP contribution in [0.4, 0.5) is 0 Å². The average Bonchev–Trinajstić information content (AvgIpc) is 2.24. The molecule has 4 nitrogen and oxygen atoms in total. The summed E-state index contributed by atoms with van der Waals surface area (Å²) < 4.78 is 0. The minimum atomic E-state index is 0.0512. The lowest BCUT2D eigenvalue weighted by Crippen LogP contribution is -2.55. The molecule has 1 aliphatic rings. The highest BCUT2D eigenvalue weighted by Gasteiger charge is 2.27. The second-order valence-corrected chi connectivity index (χ2v) is 4.91. The van der Waals surface area contributed by atoms with Crippen LogP contribution in [0.3, 0.4) is 0 Å². The van der Waals surface area contributed by atoms with Gasteiger partial charge in [0.2, 0.25) is 5.91 Å². The van der Waals surface area contributed by atoms with Crippen molar-refractivity contribution in [3.8, 4) is 0 Å². The van der Waals surface area contributed by atoms with E-state index in [1.807, 2.05) is 23.9 Å². The number of amides is 1. The molecule has 0 aliphatic carbocycles. The van der Waals surface area contributed by atoms with E-state index in [0.29, 0.717) is 11.9 Å². The Morgan fingerprint density at radius 2 is 2.25 bits per heavy atom. The standard InChI is InChI=1S/C12H25N3O/c1-5-6-11(14(3)4)12(16)15-8-7-13-10(2)9-15/h10-11,13H,5-9H2,1-4H3/t10-,11?/m1/s1. The van der Waals surface area contributed by atoms with Crippen LogP contribution >= 0.6 is 0 Å². The molecule has 1 heterocycles. The van der Waals surface area contributed by atoms with E-state index in [0.717, 1.165) is 32.5 Å². The molecule has 1 N–H and O–H groups in total. The molecule has 0 aromatic rings. The van der Waals surface area contributed by atoms with Gasteiger partial charge in [-0.2, -0.15) is 0 Å². The first-order valence-electron chi connectivity index (χ1n) is 6.24. The highest BCUT2D eigenvalue weighted by Crippen LogP contribution is 2.09. The fourth-order valence-electron chi connectivity index (χ4n) is 2.22. The minimum absolute atomic E-state index is 0.0512. The summed E-state index contributed by atoms with van der Waals surface area (Å²) in [5.41, 5.74) is 0. The van der Waals surface area contributed by atoms with Crippen LogP contribution in [0.2, 0.25) is 0 Å². The Hall–Kier alpha value is -0.610. The Balaban J connectivity index is 2.58. The molecule has 4 heteroatoms. The van der Waals surface area contributed by atoms with E-state index in [-0.39, 0.29) is 6.04 Å². The molecule has 1 unspecified atom stereocenters. The first-order valence-corrected chi connectivity index (χ1v) is 6.24. The van der Waals surface area contributed by atoms with Gasteiger partial charge in [0.15, 0.2) is 0 Å². The molecule has 16 heavy (non-hydrogen) atoms. The smallest absolute Gasteiger partial charge is 0.240 e. The summed E-state index contributed by atoms with van der Waals surface area (Å²) in [4.78, 5) is 16.4. The quantitative estimate of drug-likeness (QED) is 0.761. The highest BCUT2D eigenvalue weighted by molar-refractivity contribution is 5.82. The van der Waals surface area contributed by atoms with Crippen LogP contribution in [-0.2, 0) is 4.79 Å². The number of likely N-dealkylation sites (N-methyl/N-ethyl adjacent to an activating group) is 1. The summed E-state index contributed by atoms with van der Waals surface area (Å²) in [5.74, 6) is 0.292. The first-order chi connectivity index (χ1) is 7.56. The van der Waals surface area contributed by atoms with E-state index < -0.39 is 0 Å². The topological polar surface area (TPSA) is 35.6 Å². The molecular formula is C12H25N3O. The summed E-state index contributed by atoms with van der Waals surface area (Å²) in [6, 6.07) is 0.470. The molecule has 1 fully saturated rings. The van der Waals surface area contributed by atoms with Crippen molar-refractivity contribution in [1.82, 2.24) is 15.1 Å². The Bertz CT molecular complexity index is 230. The SMILES string of the molecule is CCCC(C(=O)N1CCN[C@H](C)C1)N(C)C. The van der Waals surface area contributed by atoms with Gasteiger partial charge in [-0.1, -0.05) is 13.3 Å². The number of carbonyl (C=O) groups excluding carboxylic acids is 1. The number of piperazine rings is 1. The second-order valence-electron chi connectivity index (χ2n) is 4.91. The molecule has 0 aromatic heterocycles. The van der Waals surface area contributed by atoms with Crippen LogP contribution in [0.25, 0.3) is 0 Å². The Kier molecular flexibility index (Phi) is 5.22. The van der Waals surface area contributed by atoms with Crippen LogP contribution in [0.5, 0.6) is 0 Å². The third-order valence-corrected chi connectivity index (χ3v) is 3.15. The summed E-state index contributed by atoms with van der Waals surface area (Å²) in [7, 11) is 3.98. The van der Waals surface area contributed by atoms with Crippen LogP contribution in [0.1, 0.15) is 26.7 Å². The summed E-state index contributed by atoms with van der Waals surface area (Å²) >= 11 is 0. The second kappa shape index (κ2) is 6.21. The number of rotatable bonds is 4. The molecule has 94 valence electrons. The predicted molar refractivity (Wildman–Crippen MR) is 66.4 cm³/mol. The number of carbonyl (C=O) groups is 1. The van der Waals surface area contributed by atoms with Gasteiger partial charge in [0.25, 0.3) is 0 Å². The molecule has 1 aliphatic heterocycles. The summed E-state index contributed by atoms with van der Waals surface area (Å²) in [6.45, 7) is 6.86. The molecular weight excluding hydrogens is 202 g/mol. The lowest BCUT2D eigenvalue weighted by molar-refractivity contribution is -0.137. The summed E-state index contributed by atoms with van der Waals surface area (Å²) in [6.07, 6.45) is 2.00. The monoisotopic (exact) mass is 227 g/mol. The van der Waals surface area contributed by atoms with Crippen LogP contribution in [-0.4, -0.2) is 61.5 Å². The van der Waals surface area contributed by atoms with Gasteiger partial charge < -0.3 is 10.2 Å². The zero-order valence-corrected chi connectivity index (χ0v) is 11.0. The Morgan fingerprint density at radius 1 is 1.56 bits per heavy atom. The zero-order chi connectivity index (χ0) is 12.1. The van der Waals surface area contributed by atoms with Crippen molar-refractivity contribution in [2.45, 2.75) is 38.8 Å². The van der Waals surface area contributed by atoms with Crippen molar-refractivity contribution in [3.05, 3.63) is 0 Å². The molecule has 0 aromatic carbocycles. The largest absolute Gasteiger partial charge is 0.339 e. The van der Waals surface area contributed by atoms with Gasteiger partial charge in [-0.05, 0) is 27.4 Å². The molecule has 1 saturated heterocycles. The lowest BCUT2D eigenvalue weighted by Gasteiger charge is -2.36. The fraction of sp³-hybridized carbons (Fsp3) is 0.917. The molecule has 0 saturated carbocycles. The van der Waals surface area contributed by atoms with Gasteiger partial charge in [0, 0.05) is 25.7 Å². The summed E-state index contributed by atoms with van der Waals surface area (Å²) in [5, 5.41) is 3.36. The lowest BCUT2D eigenvalue weighted by atomic mass is 10.1. The van der Waals surface area contributed by atoms with Crippen molar-refractivity contribution in [2.24, 2.45) is 0 Å². The molecule has 1 amide bonds.